The molecule has 1 amide bonds. The molecular formula is C14H21NO2. The summed E-state index contributed by atoms with van der Waals surface area (Å²) in [6.07, 6.45) is 6.49. The Bertz CT molecular complexity index is 374. The zero-order valence-electron chi connectivity index (χ0n) is 10.7. The lowest BCUT2D eigenvalue weighted by Gasteiger charge is -2.61. The van der Waals surface area contributed by atoms with Gasteiger partial charge in [-0.15, -0.1) is 0 Å². The van der Waals surface area contributed by atoms with Crippen LogP contribution in [0.3, 0.4) is 0 Å². The maximum Gasteiger partial charge on any atom is 0.217 e. The fraction of sp³-hybridized carbons (Fsp3) is 0.857. The second-order valence-corrected chi connectivity index (χ2v) is 6.76. The van der Waals surface area contributed by atoms with Gasteiger partial charge in [-0.3, -0.25) is 9.59 Å². The van der Waals surface area contributed by atoms with Gasteiger partial charge in [0.15, 0.2) is 0 Å². The molecule has 0 aliphatic heterocycles. The van der Waals surface area contributed by atoms with Crippen molar-refractivity contribution < 1.29 is 9.59 Å². The predicted octanol–water partition coefficient (Wildman–Crippen LogP) is 2.05. The van der Waals surface area contributed by atoms with Crippen LogP contribution >= 0.6 is 0 Å². The SMILES string of the molecule is CC(=O)NC12CC3CC(C1)CC(C(C)=O)(C3)C2. The van der Waals surface area contributed by atoms with Crippen molar-refractivity contribution >= 4 is 11.7 Å². The van der Waals surface area contributed by atoms with Crippen LogP contribution < -0.4 is 5.32 Å². The molecule has 2 unspecified atom stereocenters. The minimum atomic E-state index is -0.105. The normalized spacial score (nSPS) is 46.9. The zero-order valence-corrected chi connectivity index (χ0v) is 10.7. The highest BCUT2D eigenvalue weighted by Gasteiger charge is 2.59. The summed E-state index contributed by atoms with van der Waals surface area (Å²) >= 11 is 0. The van der Waals surface area contributed by atoms with Crippen LogP contribution in [0.15, 0.2) is 0 Å². The van der Waals surface area contributed by atoms with Crippen LogP contribution in [0.4, 0.5) is 0 Å². The van der Waals surface area contributed by atoms with Crippen molar-refractivity contribution in [1.82, 2.24) is 5.32 Å². The van der Waals surface area contributed by atoms with Crippen molar-refractivity contribution in [2.75, 3.05) is 0 Å². The quantitative estimate of drug-likeness (QED) is 0.796. The first-order valence-corrected chi connectivity index (χ1v) is 6.73. The third-order valence-electron chi connectivity index (χ3n) is 5.25. The molecule has 4 aliphatic rings. The number of carbonyl (C=O) groups excluding carboxylic acids is 2. The summed E-state index contributed by atoms with van der Waals surface area (Å²) in [5.41, 5.74) is -0.159. The number of ketones is 1. The lowest BCUT2D eigenvalue weighted by molar-refractivity contribution is -0.149. The predicted molar refractivity (Wildman–Crippen MR) is 64.3 cm³/mol. The van der Waals surface area contributed by atoms with Gasteiger partial charge in [-0.1, -0.05) is 0 Å². The van der Waals surface area contributed by atoms with Gasteiger partial charge in [0, 0.05) is 17.9 Å². The molecule has 0 aromatic carbocycles. The van der Waals surface area contributed by atoms with Crippen LogP contribution in [0, 0.1) is 17.3 Å². The molecular weight excluding hydrogens is 214 g/mol. The van der Waals surface area contributed by atoms with Gasteiger partial charge < -0.3 is 5.32 Å². The first kappa shape index (κ1) is 11.2. The van der Waals surface area contributed by atoms with Gasteiger partial charge in [-0.25, -0.2) is 0 Å². The van der Waals surface area contributed by atoms with Crippen LogP contribution in [-0.4, -0.2) is 17.2 Å². The van der Waals surface area contributed by atoms with E-state index >= 15 is 0 Å². The molecule has 3 heteroatoms. The molecule has 1 N–H and O–H groups in total. The molecule has 0 spiro atoms. The van der Waals surface area contributed by atoms with Crippen LogP contribution in [0.2, 0.25) is 0 Å². The second kappa shape index (κ2) is 3.33. The van der Waals surface area contributed by atoms with Gasteiger partial charge in [0.25, 0.3) is 0 Å². The molecule has 4 saturated carbocycles. The van der Waals surface area contributed by atoms with Gasteiger partial charge in [-0.2, -0.15) is 0 Å². The van der Waals surface area contributed by atoms with Crippen molar-refractivity contribution in [3.8, 4) is 0 Å². The largest absolute Gasteiger partial charge is 0.351 e. The average molecular weight is 235 g/mol. The first-order valence-electron chi connectivity index (χ1n) is 6.73. The number of hydrogen-bond acceptors (Lipinski definition) is 2. The summed E-state index contributed by atoms with van der Waals surface area (Å²) in [7, 11) is 0. The van der Waals surface area contributed by atoms with Gasteiger partial charge in [0.1, 0.15) is 5.78 Å². The summed E-state index contributed by atoms with van der Waals surface area (Å²) in [5, 5.41) is 3.18. The monoisotopic (exact) mass is 235 g/mol. The number of nitrogens with one attached hydrogen (secondary N) is 1. The summed E-state index contributed by atoms with van der Waals surface area (Å²) < 4.78 is 0. The Balaban J connectivity index is 1.94. The average Bonchev–Trinajstić information content (AvgIpc) is 2.12. The zero-order chi connectivity index (χ0) is 12.3. The highest BCUT2D eigenvalue weighted by molar-refractivity contribution is 5.83. The maximum atomic E-state index is 12.0. The Morgan fingerprint density at radius 1 is 1.06 bits per heavy atom. The third kappa shape index (κ3) is 1.62. The van der Waals surface area contributed by atoms with Crippen molar-refractivity contribution in [2.45, 2.75) is 57.9 Å². The minimum absolute atomic E-state index is 0.0540. The molecule has 0 radical (unpaired) electrons. The topological polar surface area (TPSA) is 46.2 Å². The van der Waals surface area contributed by atoms with Crippen LogP contribution in [-0.2, 0) is 9.59 Å². The van der Waals surface area contributed by atoms with E-state index in [2.05, 4.69) is 5.32 Å². The van der Waals surface area contributed by atoms with Crippen LogP contribution in [0.1, 0.15) is 52.4 Å². The molecule has 0 heterocycles. The first-order chi connectivity index (χ1) is 7.93. The van der Waals surface area contributed by atoms with Gasteiger partial charge >= 0.3 is 0 Å². The van der Waals surface area contributed by atoms with Crippen LogP contribution in [0.5, 0.6) is 0 Å². The van der Waals surface area contributed by atoms with Crippen molar-refractivity contribution in [2.24, 2.45) is 17.3 Å². The molecule has 4 aliphatic carbocycles. The highest BCUT2D eigenvalue weighted by Crippen LogP contribution is 2.61. The van der Waals surface area contributed by atoms with E-state index in [4.69, 9.17) is 0 Å². The van der Waals surface area contributed by atoms with Crippen molar-refractivity contribution in [3.63, 3.8) is 0 Å². The molecule has 3 nitrogen and oxygen atoms in total. The number of hydrogen-bond donors (Lipinski definition) is 1. The Hall–Kier alpha value is -0.860. The van der Waals surface area contributed by atoms with Crippen molar-refractivity contribution in [1.29, 1.82) is 0 Å². The number of carbonyl (C=O) groups is 2. The Kier molecular flexibility index (Phi) is 2.20. The standard InChI is InChI=1S/C14H21NO2/c1-9(16)13-4-11-3-12(5-13)7-14(6-11,8-13)15-10(2)17/h11-12H,3-8H2,1-2H3,(H,15,17). The second-order valence-electron chi connectivity index (χ2n) is 6.76. The molecule has 4 fully saturated rings. The van der Waals surface area contributed by atoms with Crippen LogP contribution in [0.25, 0.3) is 0 Å². The molecule has 17 heavy (non-hydrogen) atoms. The van der Waals surface area contributed by atoms with Crippen molar-refractivity contribution in [3.05, 3.63) is 0 Å². The van der Waals surface area contributed by atoms with E-state index in [1.807, 2.05) is 0 Å². The molecule has 0 aromatic heterocycles. The van der Waals surface area contributed by atoms with E-state index in [9.17, 15) is 9.59 Å². The third-order valence-corrected chi connectivity index (χ3v) is 5.25. The van der Waals surface area contributed by atoms with Gasteiger partial charge in [0.05, 0.1) is 0 Å². The fourth-order valence-corrected chi connectivity index (χ4v) is 5.19. The lowest BCUT2D eigenvalue weighted by Crippen LogP contribution is -2.64. The fourth-order valence-electron chi connectivity index (χ4n) is 5.19. The Labute approximate surface area is 102 Å². The Morgan fingerprint density at radius 2 is 1.65 bits per heavy atom. The minimum Gasteiger partial charge on any atom is -0.351 e. The number of rotatable bonds is 2. The summed E-state index contributed by atoms with van der Waals surface area (Å²) in [5.74, 6) is 1.73. The molecule has 4 rings (SSSR count). The number of Topliss-reactive ketones (excluding diaryl/α,β-unsaturated/α-hetero) is 1. The summed E-state index contributed by atoms with van der Waals surface area (Å²) in [6, 6.07) is 0. The molecule has 0 aromatic rings. The molecule has 4 bridgehead atoms. The van der Waals surface area contributed by atoms with E-state index in [-0.39, 0.29) is 16.9 Å². The molecule has 0 saturated heterocycles. The summed E-state index contributed by atoms with van der Waals surface area (Å²) in [6.45, 7) is 3.34. The van der Waals surface area contributed by atoms with Gasteiger partial charge in [-0.05, 0) is 57.3 Å². The smallest absolute Gasteiger partial charge is 0.217 e. The summed E-state index contributed by atoms with van der Waals surface area (Å²) in [4.78, 5) is 23.4. The van der Waals surface area contributed by atoms with E-state index in [0.29, 0.717) is 17.6 Å². The Morgan fingerprint density at radius 3 is 2.12 bits per heavy atom. The van der Waals surface area contributed by atoms with E-state index in [0.717, 1.165) is 32.1 Å². The van der Waals surface area contributed by atoms with E-state index < -0.39 is 0 Å². The van der Waals surface area contributed by atoms with Gasteiger partial charge in [0.2, 0.25) is 5.91 Å². The molecule has 94 valence electrons. The van der Waals surface area contributed by atoms with E-state index in [1.54, 1.807) is 13.8 Å². The lowest BCUT2D eigenvalue weighted by atomic mass is 9.46. The highest BCUT2D eigenvalue weighted by atomic mass is 16.1. The van der Waals surface area contributed by atoms with E-state index in [1.165, 1.54) is 6.42 Å². The molecule has 2 atom stereocenters. The maximum absolute atomic E-state index is 12.0. The number of amides is 1.